The molecule has 0 aliphatic heterocycles. The van der Waals surface area contributed by atoms with E-state index in [-0.39, 0.29) is 11.1 Å². The minimum atomic E-state index is -4.49. The zero-order valence-electron chi connectivity index (χ0n) is 12.5. The molecule has 4 aromatic rings. The number of halogens is 3. The number of benzene rings is 2. The van der Waals surface area contributed by atoms with E-state index in [1.807, 2.05) is 12.1 Å². The fourth-order valence-corrected chi connectivity index (χ4v) is 3.39. The predicted octanol–water partition coefficient (Wildman–Crippen LogP) is 5.05. The lowest BCUT2D eigenvalue weighted by Crippen LogP contribution is -2.11. The van der Waals surface area contributed by atoms with Gasteiger partial charge >= 0.3 is 6.18 Å². The Labute approximate surface area is 143 Å². The van der Waals surface area contributed by atoms with Crippen LogP contribution in [0.1, 0.15) is 15.4 Å². The Bertz CT molecular complexity index is 1100. The molecule has 0 saturated heterocycles. The van der Waals surface area contributed by atoms with Gasteiger partial charge in [-0.05, 0) is 41.8 Å². The second kappa shape index (κ2) is 5.59. The molecule has 4 rings (SSSR count). The molecule has 126 valence electrons. The predicted molar refractivity (Wildman–Crippen MR) is 90.9 cm³/mol. The summed E-state index contributed by atoms with van der Waals surface area (Å²) in [5, 5.41) is 2.84. The summed E-state index contributed by atoms with van der Waals surface area (Å²) in [6.45, 7) is 0. The largest absolute Gasteiger partial charge is 0.443 e. The number of amides is 1. The first kappa shape index (κ1) is 15.6. The van der Waals surface area contributed by atoms with E-state index >= 15 is 0 Å². The van der Waals surface area contributed by atoms with E-state index in [1.165, 1.54) is 18.2 Å². The average Bonchev–Trinajstić information content (AvgIpc) is 3.19. The molecule has 2 N–H and O–H groups in total. The van der Waals surface area contributed by atoms with Crippen molar-refractivity contribution in [3.8, 4) is 0 Å². The number of alkyl halides is 3. The first-order valence-corrected chi connectivity index (χ1v) is 8.08. The third-order valence-electron chi connectivity index (χ3n) is 3.71. The van der Waals surface area contributed by atoms with E-state index in [9.17, 15) is 18.0 Å². The molecular formula is C17H10F3N3OS. The van der Waals surface area contributed by atoms with Crippen molar-refractivity contribution in [1.29, 1.82) is 0 Å². The number of hydrogen-bond acceptors (Lipinski definition) is 3. The molecule has 0 radical (unpaired) electrons. The van der Waals surface area contributed by atoms with Gasteiger partial charge in [0, 0.05) is 23.0 Å². The lowest BCUT2D eigenvalue weighted by Gasteiger charge is -2.05. The molecule has 2 heterocycles. The third-order valence-corrected chi connectivity index (χ3v) is 4.77. The molecule has 0 aliphatic rings. The normalized spacial score (nSPS) is 12.0. The van der Waals surface area contributed by atoms with Gasteiger partial charge in [0.15, 0.2) is 5.01 Å². The lowest BCUT2D eigenvalue weighted by atomic mass is 10.2. The van der Waals surface area contributed by atoms with Crippen molar-refractivity contribution in [3.05, 3.63) is 59.2 Å². The lowest BCUT2D eigenvalue weighted by molar-refractivity contribution is -0.137. The van der Waals surface area contributed by atoms with Gasteiger partial charge in [-0.15, -0.1) is 11.3 Å². The number of nitrogens with one attached hydrogen (secondary N) is 2. The van der Waals surface area contributed by atoms with Crippen LogP contribution in [-0.4, -0.2) is 15.9 Å². The number of anilines is 1. The molecule has 0 aliphatic carbocycles. The Balaban J connectivity index is 1.62. The monoisotopic (exact) mass is 361 g/mol. The van der Waals surface area contributed by atoms with E-state index < -0.39 is 17.1 Å². The van der Waals surface area contributed by atoms with Gasteiger partial charge in [0.25, 0.3) is 5.91 Å². The second-order valence-corrected chi connectivity index (χ2v) is 6.46. The summed E-state index contributed by atoms with van der Waals surface area (Å²) in [5.74, 6) is -0.394. The molecule has 0 bridgehead atoms. The fraction of sp³-hybridized carbons (Fsp3) is 0.0588. The van der Waals surface area contributed by atoms with Crippen LogP contribution in [0.5, 0.6) is 0 Å². The van der Waals surface area contributed by atoms with Crippen LogP contribution >= 0.6 is 11.3 Å². The highest BCUT2D eigenvalue weighted by atomic mass is 32.1. The molecule has 25 heavy (non-hydrogen) atoms. The first-order valence-electron chi connectivity index (χ1n) is 7.26. The number of thiazole rings is 1. The highest BCUT2D eigenvalue weighted by molar-refractivity contribution is 7.18. The Hall–Kier alpha value is -2.87. The fourth-order valence-electron chi connectivity index (χ4n) is 2.52. The van der Waals surface area contributed by atoms with Crippen molar-refractivity contribution in [2.75, 3.05) is 5.32 Å². The Morgan fingerprint density at radius 3 is 2.76 bits per heavy atom. The zero-order valence-corrected chi connectivity index (χ0v) is 13.3. The van der Waals surface area contributed by atoms with E-state index in [1.54, 1.807) is 18.3 Å². The summed E-state index contributed by atoms with van der Waals surface area (Å²) in [4.78, 5) is 19.0. The number of aromatic nitrogens is 2. The van der Waals surface area contributed by atoms with Crippen molar-refractivity contribution >= 4 is 44.1 Å². The molecule has 0 fully saturated rings. The number of H-pyrrole nitrogens is 1. The number of fused-ring (bicyclic) bond motifs is 2. The van der Waals surface area contributed by atoms with Gasteiger partial charge in [-0.2, -0.15) is 13.2 Å². The molecule has 4 nitrogen and oxygen atoms in total. The number of carbonyl (C=O) groups excluding carboxylic acids is 1. The van der Waals surface area contributed by atoms with Crippen LogP contribution in [0.4, 0.5) is 18.9 Å². The molecular weight excluding hydrogens is 351 g/mol. The molecule has 2 aromatic heterocycles. The number of aromatic amines is 1. The molecule has 0 atom stereocenters. The van der Waals surface area contributed by atoms with Crippen LogP contribution in [0.3, 0.4) is 0 Å². The van der Waals surface area contributed by atoms with Crippen molar-refractivity contribution in [2.45, 2.75) is 6.18 Å². The Kier molecular flexibility index (Phi) is 3.50. The van der Waals surface area contributed by atoms with Crippen LogP contribution in [0.15, 0.2) is 48.7 Å². The van der Waals surface area contributed by atoms with Crippen molar-refractivity contribution in [1.82, 2.24) is 9.97 Å². The van der Waals surface area contributed by atoms with Gasteiger partial charge in [-0.3, -0.25) is 4.79 Å². The SMILES string of the molecule is O=C(Nc1ccc2cc[nH]c2c1)c1ccc2nc(C(F)(F)F)sc2c1. The summed E-state index contributed by atoms with van der Waals surface area (Å²) in [6.07, 6.45) is -2.69. The van der Waals surface area contributed by atoms with Gasteiger partial charge in [-0.25, -0.2) is 4.98 Å². The summed E-state index contributed by atoms with van der Waals surface area (Å²) >= 11 is 0.524. The molecule has 2 aromatic carbocycles. The minimum absolute atomic E-state index is 0.224. The van der Waals surface area contributed by atoms with E-state index in [0.717, 1.165) is 10.9 Å². The molecule has 8 heteroatoms. The summed E-state index contributed by atoms with van der Waals surface area (Å²) in [7, 11) is 0. The number of carbonyl (C=O) groups is 1. The van der Waals surface area contributed by atoms with Gasteiger partial charge < -0.3 is 10.3 Å². The summed E-state index contributed by atoms with van der Waals surface area (Å²) in [5.41, 5.74) is 1.98. The second-order valence-electron chi connectivity index (χ2n) is 5.43. The van der Waals surface area contributed by atoms with Crippen molar-refractivity contribution in [3.63, 3.8) is 0 Å². The number of hydrogen-bond donors (Lipinski definition) is 2. The number of nitrogens with zero attached hydrogens (tertiary/aromatic N) is 1. The highest BCUT2D eigenvalue weighted by Gasteiger charge is 2.34. The molecule has 1 amide bonds. The van der Waals surface area contributed by atoms with Crippen LogP contribution in [-0.2, 0) is 6.18 Å². The van der Waals surface area contributed by atoms with Gasteiger partial charge in [0.2, 0.25) is 0 Å². The molecule has 0 unspecified atom stereocenters. The third kappa shape index (κ3) is 2.96. The quantitative estimate of drug-likeness (QED) is 0.525. The standard InChI is InChI=1S/C17H10F3N3OS/c18-17(19,20)16-23-12-4-2-10(7-14(12)25-16)15(24)22-11-3-1-9-5-6-21-13(9)8-11/h1-8,21H,(H,22,24). The van der Waals surface area contributed by atoms with Crippen molar-refractivity contribution in [2.24, 2.45) is 0 Å². The average molecular weight is 361 g/mol. The summed E-state index contributed by atoms with van der Waals surface area (Å²) < 4.78 is 38.5. The smallest absolute Gasteiger partial charge is 0.361 e. The molecule has 0 saturated carbocycles. The zero-order chi connectivity index (χ0) is 17.6. The van der Waals surface area contributed by atoms with Crippen LogP contribution < -0.4 is 5.32 Å². The van der Waals surface area contributed by atoms with Gasteiger partial charge in [-0.1, -0.05) is 6.07 Å². The number of rotatable bonds is 2. The van der Waals surface area contributed by atoms with Crippen LogP contribution in [0, 0.1) is 0 Å². The van der Waals surface area contributed by atoms with E-state index in [4.69, 9.17) is 0 Å². The minimum Gasteiger partial charge on any atom is -0.361 e. The Morgan fingerprint density at radius 2 is 1.96 bits per heavy atom. The Morgan fingerprint density at radius 1 is 1.12 bits per heavy atom. The first-order chi connectivity index (χ1) is 11.9. The van der Waals surface area contributed by atoms with Crippen LogP contribution in [0.2, 0.25) is 0 Å². The van der Waals surface area contributed by atoms with Gasteiger partial charge in [0.1, 0.15) is 0 Å². The maximum atomic E-state index is 12.7. The van der Waals surface area contributed by atoms with Crippen LogP contribution in [0.25, 0.3) is 21.1 Å². The van der Waals surface area contributed by atoms with E-state index in [2.05, 4.69) is 15.3 Å². The maximum Gasteiger partial charge on any atom is 0.443 e. The topological polar surface area (TPSA) is 57.8 Å². The highest BCUT2D eigenvalue weighted by Crippen LogP contribution is 2.35. The van der Waals surface area contributed by atoms with Crippen molar-refractivity contribution < 1.29 is 18.0 Å². The maximum absolute atomic E-state index is 12.7. The molecule has 0 spiro atoms. The summed E-state index contributed by atoms with van der Waals surface area (Å²) in [6, 6.07) is 11.6. The van der Waals surface area contributed by atoms with E-state index in [0.29, 0.717) is 21.7 Å². The van der Waals surface area contributed by atoms with Gasteiger partial charge in [0.05, 0.1) is 10.2 Å².